The van der Waals surface area contributed by atoms with E-state index in [1.54, 1.807) is 94.3 Å². The molecule has 6 N–H and O–H groups in total. The highest BCUT2D eigenvalue weighted by Gasteiger charge is 2.16. The first-order valence-electron chi connectivity index (χ1n) is 20.4. The highest BCUT2D eigenvalue weighted by atomic mass is 35.5. The molecular weight excluding hydrogens is 894 g/mol. The number of carbonyl (C=O) groups excluding carboxylic acids is 2. The van der Waals surface area contributed by atoms with E-state index in [2.05, 4.69) is 70.9 Å². The summed E-state index contributed by atoms with van der Waals surface area (Å²) in [5, 5.41) is 25.9. The van der Waals surface area contributed by atoms with Crippen LogP contribution in [0.15, 0.2) is 108 Å². The van der Waals surface area contributed by atoms with Crippen molar-refractivity contribution in [3.8, 4) is 0 Å². The maximum absolute atomic E-state index is 12.1. The molecule has 0 aliphatic carbocycles. The maximum Gasteiger partial charge on any atom is 0.337 e. The smallest absolute Gasteiger partial charge is 0.337 e. The number of methoxy groups -OCH3 is 2. The van der Waals surface area contributed by atoms with Crippen molar-refractivity contribution in [2.24, 2.45) is 0 Å². The van der Waals surface area contributed by atoms with E-state index in [0.717, 1.165) is 32.6 Å². The second-order valence-corrected chi connectivity index (χ2v) is 14.8. The zero-order valence-corrected chi connectivity index (χ0v) is 37.4. The Labute approximate surface area is 389 Å². The lowest BCUT2D eigenvalue weighted by atomic mass is 10.1. The number of pyridine rings is 3. The van der Waals surface area contributed by atoms with Crippen LogP contribution in [-0.4, -0.2) is 103 Å². The number of rotatable bonds is 8. The Kier molecular flexibility index (Phi) is 13.0. The summed E-state index contributed by atoms with van der Waals surface area (Å²) >= 11 is 6.19. The number of ether oxygens (including phenoxy) is 2. The van der Waals surface area contributed by atoms with E-state index in [1.807, 2.05) is 30.3 Å². The summed E-state index contributed by atoms with van der Waals surface area (Å²) in [6.45, 7) is 0. The molecule has 0 saturated carbocycles. The van der Waals surface area contributed by atoms with Crippen molar-refractivity contribution < 1.29 is 29.0 Å². The summed E-state index contributed by atoms with van der Waals surface area (Å²) in [5.74, 6) is -0.00297. The molecule has 4 aromatic carbocycles. The minimum atomic E-state index is -0.992. The zero-order chi connectivity index (χ0) is 48.1. The Balaban J connectivity index is 0.000000139. The van der Waals surface area contributed by atoms with Crippen LogP contribution in [0.2, 0.25) is 5.15 Å². The normalized spacial score (nSPS) is 10.8. The number of carboxylic acids is 1. The molecule has 10 aromatic rings. The fourth-order valence-corrected chi connectivity index (χ4v) is 7.31. The number of carboxylic acid groups (broad SMARTS) is 1. The molecule has 0 fully saturated rings. The van der Waals surface area contributed by atoms with Crippen molar-refractivity contribution in [2.75, 3.05) is 56.6 Å². The third-order valence-corrected chi connectivity index (χ3v) is 10.6. The number of fused-ring (bicyclic) bond motifs is 9. The molecule has 0 amide bonds. The Morgan fingerprint density at radius 3 is 1.63 bits per heavy atom. The van der Waals surface area contributed by atoms with E-state index in [4.69, 9.17) is 16.3 Å². The Morgan fingerprint density at radius 2 is 1.06 bits per heavy atom. The molecule has 0 bridgehead atoms. The van der Waals surface area contributed by atoms with Crippen LogP contribution in [-0.2, 0) is 9.47 Å². The van der Waals surface area contributed by atoms with Gasteiger partial charge < -0.3 is 40.8 Å². The molecule has 20 nitrogen and oxygen atoms in total. The number of benzene rings is 4. The summed E-state index contributed by atoms with van der Waals surface area (Å²) in [6.07, 6.45) is 4.99. The Morgan fingerprint density at radius 1 is 0.574 bits per heavy atom. The van der Waals surface area contributed by atoms with Gasteiger partial charge in [-0.3, -0.25) is 4.79 Å². The minimum Gasteiger partial charge on any atom is -0.478 e. The first-order chi connectivity index (χ1) is 32.9. The average molecular weight is 932 g/mol. The van der Waals surface area contributed by atoms with E-state index < -0.39 is 17.9 Å². The summed E-state index contributed by atoms with van der Waals surface area (Å²) in [6, 6.07) is 24.5. The molecule has 0 radical (unpaired) electrons. The monoisotopic (exact) mass is 931 g/mol. The highest BCUT2D eigenvalue weighted by molar-refractivity contribution is 6.35. The molecule has 0 aliphatic heterocycles. The summed E-state index contributed by atoms with van der Waals surface area (Å²) in [5.41, 5.74) is 4.71. The number of aromatic amines is 1. The Bertz CT molecular complexity index is 3670. The number of nitrogens with zero attached hydrogens (tertiary/aromatic N) is 8. The van der Waals surface area contributed by atoms with Gasteiger partial charge in [-0.15, -0.1) is 0 Å². The number of hydrogen-bond donors (Lipinski definition) is 6. The molecule has 68 heavy (non-hydrogen) atoms. The molecule has 21 heteroatoms. The number of hydrogen-bond acceptors (Lipinski definition) is 18. The number of esters is 2. The van der Waals surface area contributed by atoms with Gasteiger partial charge >= 0.3 is 17.9 Å². The van der Waals surface area contributed by atoms with Crippen molar-refractivity contribution in [3.63, 3.8) is 0 Å². The van der Waals surface area contributed by atoms with Crippen LogP contribution in [0.3, 0.4) is 0 Å². The fourth-order valence-electron chi connectivity index (χ4n) is 7.08. The lowest BCUT2D eigenvalue weighted by molar-refractivity contribution is 0.0592. The molecule has 0 saturated heterocycles. The lowest BCUT2D eigenvalue weighted by Crippen LogP contribution is -2.11. The van der Waals surface area contributed by atoms with Crippen LogP contribution in [0.4, 0.5) is 29.4 Å². The van der Waals surface area contributed by atoms with Crippen molar-refractivity contribution >= 4 is 124 Å². The van der Waals surface area contributed by atoms with Crippen LogP contribution in [0, 0.1) is 0 Å². The predicted molar refractivity (Wildman–Crippen MR) is 260 cm³/mol. The standard InChI is InChI=1S/C19H15N5O2.C14H11ClN4O2.C14H12N4O3/c1-20-19-21-10-14-13-8-7-11(18(25)26)9-15(13)23-17(16(14)24-19)22-12-5-3-2-4-6-12;1-16-14-17-6-9-8-4-3-7(13(20)21-2)5-10(8)18-12(15)11(9)19-14;1-15-14-16-6-9-8-4-3-7(13(20)21-2)5-10(8)17-12(19)11(9)18-14/h2-10H,1H3,(H,22,23)(H,25,26)(H,20,21,24);3-6H,1-2H3,(H,16,17,19);3-6H,1-2H3,(H,17,19)(H,15,16,18). The zero-order valence-electron chi connectivity index (χ0n) is 36.7. The number of nitrogens with one attached hydrogen (secondary N) is 5. The second-order valence-electron chi connectivity index (χ2n) is 14.4. The van der Waals surface area contributed by atoms with Gasteiger partial charge in [0.2, 0.25) is 17.8 Å². The lowest BCUT2D eigenvalue weighted by Gasteiger charge is -2.12. The minimum absolute atomic E-state index is 0.183. The molecule has 6 aromatic heterocycles. The van der Waals surface area contributed by atoms with E-state index in [9.17, 15) is 24.3 Å². The number of carbonyl (C=O) groups is 3. The number of halogens is 1. The SMILES string of the molecule is CNc1ncc2c(n1)c(=O)[nH]c1cc(C(=O)OC)ccc12.CNc1ncc2c(n1)c(Cl)nc1cc(C(=O)OC)ccc12.CNc1ncc2c(n1)c(Nc1ccccc1)nc1cc(C(=O)O)ccc12. The number of aromatic nitrogens is 9. The first-order valence-corrected chi connectivity index (χ1v) is 20.8. The van der Waals surface area contributed by atoms with Crippen LogP contribution >= 0.6 is 11.6 Å². The van der Waals surface area contributed by atoms with Crippen molar-refractivity contribution in [1.29, 1.82) is 0 Å². The number of para-hydroxylation sites is 1. The van der Waals surface area contributed by atoms with Gasteiger partial charge in [0.1, 0.15) is 16.6 Å². The summed E-state index contributed by atoms with van der Waals surface area (Å²) in [4.78, 5) is 83.8. The van der Waals surface area contributed by atoms with Crippen LogP contribution < -0.4 is 26.8 Å². The average Bonchev–Trinajstić information content (AvgIpc) is 3.38. The molecule has 10 rings (SSSR count). The molecule has 0 unspecified atom stereocenters. The maximum atomic E-state index is 12.1. The van der Waals surface area contributed by atoms with Gasteiger partial charge in [0.15, 0.2) is 11.0 Å². The quantitative estimate of drug-likeness (QED) is 0.0485. The fraction of sp³-hybridized carbons (Fsp3) is 0.106. The Hall–Kier alpha value is -9.17. The van der Waals surface area contributed by atoms with E-state index in [1.165, 1.54) is 14.2 Å². The van der Waals surface area contributed by atoms with Crippen molar-refractivity contribution in [2.45, 2.75) is 0 Å². The van der Waals surface area contributed by atoms with Gasteiger partial charge in [-0.25, -0.2) is 54.3 Å². The van der Waals surface area contributed by atoms with Gasteiger partial charge in [0.05, 0.1) is 41.9 Å². The molecule has 0 aliphatic rings. The van der Waals surface area contributed by atoms with Crippen LogP contribution in [0.1, 0.15) is 31.1 Å². The predicted octanol–water partition coefficient (Wildman–Crippen LogP) is 7.62. The van der Waals surface area contributed by atoms with E-state index >= 15 is 0 Å². The van der Waals surface area contributed by atoms with Gasteiger partial charge in [0, 0.05) is 83.3 Å². The summed E-state index contributed by atoms with van der Waals surface area (Å²) < 4.78 is 9.37. The van der Waals surface area contributed by atoms with Gasteiger partial charge in [0.25, 0.3) is 5.56 Å². The van der Waals surface area contributed by atoms with Gasteiger partial charge in [-0.05, 0) is 48.5 Å². The second kappa shape index (κ2) is 19.5. The molecule has 0 atom stereocenters. The molecular formula is C47H38ClN13O7. The third kappa shape index (κ3) is 9.19. The first kappa shape index (κ1) is 45.4. The molecule has 0 spiro atoms. The third-order valence-electron chi connectivity index (χ3n) is 10.4. The molecule has 340 valence electrons. The van der Waals surface area contributed by atoms with E-state index in [-0.39, 0.29) is 16.3 Å². The number of anilines is 5. The molecule has 6 heterocycles. The topological polar surface area (TPSA) is 274 Å². The van der Waals surface area contributed by atoms with Gasteiger partial charge in [-0.1, -0.05) is 48.0 Å². The number of aromatic carboxylic acids is 1. The van der Waals surface area contributed by atoms with Crippen molar-refractivity contribution in [3.05, 3.63) is 136 Å². The van der Waals surface area contributed by atoms with E-state index in [0.29, 0.717) is 73.3 Å². The van der Waals surface area contributed by atoms with Gasteiger partial charge in [-0.2, -0.15) is 0 Å². The highest BCUT2D eigenvalue weighted by Crippen LogP contribution is 2.32. The summed E-state index contributed by atoms with van der Waals surface area (Å²) in [7, 11) is 7.80. The number of H-pyrrole nitrogens is 1. The van der Waals surface area contributed by atoms with Crippen molar-refractivity contribution in [1.82, 2.24) is 44.9 Å². The van der Waals surface area contributed by atoms with Crippen LogP contribution in [0.25, 0.3) is 65.4 Å². The largest absolute Gasteiger partial charge is 0.478 e. The van der Waals surface area contributed by atoms with Crippen LogP contribution in [0.5, 0.6) is 0 Å².